The van der Waals surface area contributed by atoms with Crippen LogP contribution in [0.3, 0.4) is 0 Å². The summed E-state index contributed by atoms with van der Waals surface area (Å²) >= 11 is 0. The van der Waals surface area contributed by atoms with Crippen LogP contribution in [0.2, 0.25) is 0 Å². The molecule has 0 fully saturated rings. The Morgan fingerprint density at radius 2 is 2.12 bits per heavy atom. The maximum atomic E-state index is 5.63. The molecule has 0 atom stereocenters. The van der Waals surface area contributed by atoms with Crippen molar-refractivity contribution in [3.8, 4) is 0 Å². The van der Waals surface area contributed by atoms with E-state index in [0.717, 1.165) is 36.6 Å². The molecule has 0 aliphatic carbocycles. The smallest absolute Gasteiger partial charge is 0.129 e. The number of nitrogens with zero attached hydrogens (tertiary/aromatic N) is 2. The van der Waals surface area contributed by atoms with Crippen molar-refractivity contribution in [3.05, 3.63) is 11.3 Å². The molecule has 0 spiro atoms. The first-order valence-electron chi connectivity index (χ1n) is 6.03. The van der Waals surface area contributed by atoms with Gasteiger partial charge in [-0.05, 0) is 20.3 Å². The highest BCUT2D eigenvalue weighted by Crippen LogP contribution is 2.19. The van der Waals surface area contributed by atoms with Gasteiger partial charge in [0, 0.05) is 39.5 Å². The van der Waals surface area contributed by atoms with Gasteiger partial charge in [-0.1, -0.05) is 0 Å². The molecule has 98 valence electrons. The Morgan fingerprint density at radius 1 is 1.35 bits per heavy atom. The van der Waals surface area contributed by atoms with Crippen LogP contribution < -0.4 is 5.32 Å². The average Bonchev–Trinajstić information content (AvgIpc) is 2.56. The molecule has 0 aliphatic heterocycles. The van der Waals surface area contributed by atoms with Crippen LogP contribution in [0.15, 0.2) is 0 Å². The number of aryl methyl sites for hydroxylation is 2. The van der Waals surface area contributed by atoms with Gasteiger partial charge in [0.1, 0.15) is 5.82 Å². The highest BCUT2D eigenvalue weighted by Gasteiger charge is 2.12. The third kappa shape index (κ3) is 4.02. The Balaban J connectivity index is 2.51. The molecule has 1 aromatic heterocycles. The third-order valence-electron chi connectivity index (χ3n) is 2.57. The number of hydrogen-bond acceptors (Lipinski definition) is 4. The van der Waals surface area contributed by atoms with E-state index in [-0.39, 0.29) is 0 Å². The van der Waals surface area contributed by atoms with Gasteiger partial charge in [0.05, 0.1) is 12.3 Å². The highest BCUT2D eigenvalue weighted by atomic mass is 16.5. The largest absolute Gasteiger partial charge is 0.385 e. The number of nitrogens with one attached hydrogen (secondary N) is 1. The van der Waals surface area contributed by atoms with Crippen LogP contribution in [-0.2, 0) is 23.1 Å². The summed E-state index contributed by atoms with van der Waals surface area (Å²) in [6, 6.07) is 0. The van der Waals surface area contributed by atoms with Gasteiger partial charge in [-0.3, -0.25) is 4.68 Å². The van der Waals surface area contributed by atoms with Crippen molar-refractivity contribution in [2.75, 3.05) is 32.2 Å². The first kappa shape index (κ1) is 14.0. The molecule has 0 amide bonds. The molecule has 0 saturated carbocycles. The monoisotopic (exact) mass is 241 g/mol. The normalized spacial score (nSPS) is 10.8. The number of hydrogen-bond donors (Lipinski definition) is 1. The fourth-order valence-corrected chi connectivity index (χ4v) is 1.74. The van der Waals surface area contributed by atoms with E-state index >= 15 is 0 Å². The van der Waals surface area contributed by atoms with E-state index in [1.165, 1.54) is 0 Å². The minimum atomic E-state index is 0.603. The summed E-state index contributed by atoms with van der Waals surface area (Å²) in [6.45, 7) is 7.03. The molecule has 0 aliphatic rings. The Morgan fingerprint density at radius 3 is 2.76 bits per heavy atom. The maximum absolute atomic E-state index is 5.63. The first-order valence-corrected chi connectivity index (χ1v) is 6.03. The van der Waals surface area contributed by atoms with Crippen LogP contribution in [0.1, 0.15) is 24.6 Å². The molecular formula is C12H23N3O2. The number of aromatic nitrogens is 2. The van der Waals surface area contributed by atoms with Crippen LogP contribution in [0.25, 0.3) is 0 Å². The van der Waals surface area contributed by atoms with Crippen LogP contribution in [0, 0.1) is 6.92 Å². The Hall–Kier alpha value is -1.07. The molecule has 0 aromatic carbocycles. The van der Waals surface area contributed by atoms with Gasteiger partial charge in [0.15, 0.2) is 0 Å². The zero-order chi connectivity index (χ0) is 12.7. The molecule has 5 heteroatoms. The molecule has 0 saturated heterocycles. The second-order valence-corrected chi connectivity index (χ2v) is 3.97. The van der Waals surface area contributed by atoms with E-state index in [2.05, 4.69) is 17.3 Å². The fraction of sp³-hybridized carbons (Fsp3) is 0.750. The molecule has 5 nitrogen and oxygen atoms in total. The summed E-state index contributed by atoms with van der Waals surface area (Å²) in [5.74, 6) is 1.05. The van der Waals surface area contributed by atoms with E-state index in [1.54, 1.807) is 7.11 Å². The van der Waals surface area contributed by atoms with Crippen molar-refractivity contribution < 1.29 is 9.47 Å². The number of ether oxygens (including phenoxy) is 2. The molecule has 0 bridgehead atoms. The lowest BCUT2D eigenvalue weighted by Gasteiger charge is -2.08. The quantitative estimate of drug-likeness (QED) is 0.704. The lowest BCUT2D eigenvalue weighted by molar-refractivity contribution is 0.0928. The molecule has 1 N–H and O–H groups in total. The van der Waals surface area contributed by atoms with Gasteiger partial charge in [0.25, 0.3) is 0 Å². The molecule has 0 radical (unpaired) electrons. The van der Waals surface area contributed by atoms with Crippen molar-refractivity contribution in [1.29, 1.82) is 0 Å². The van der Waals surface area contributed by atoms with Crippen LogP contribution >= 0.6 is 0 Å². The standard InChI is InChI=1S/C12H23N3O2/c1-5-13-12-11(10(2)14-15(12)3)9-17-8-6-7-16-4/h13H,5-9H2,1-4H3. The Kier molecular flexibility index (Phi) is 6.00. The van der Waals surface area contributed by atoms with Crippen molar-refractivity contribution in [2.45, 2.75) is 26.9 Å². The van der Waals surface area contributed by atoms with Crippen molar-refractivity contribution in [1.82, 2.24) is 9.78 Å². The fourth-order valence-electron chi connectivity index (χ4n) is 1.74. The van der Waals surface area contributed by atoms with E-state index in [4.69, 9.17) is 9.47 Å². The zero-order valence-electron chi connectivity index (χ0n) is 11.2. The summed E-state index contributed by atoms with van der Waals surface area (Å²) < 4.78 is 12.5. The second kappa shape index (κ2) is 7.29. The average molecular weight is 241 g/mol. The summed E-state index contributed by atoms with van der Waals surface area (Å²) in [5, 5.41) is 7.71. The molecule has 17 heavy (non-hydrogen) atoms. The van der Waals surface area contributed by atoms with Crippen molar-refractivity contribution in [3.63, 3.8) is 0 Å². The van der Waals surface area contributed by atoms with E-state index in [0.29, 0.717) is 13.2 Å². The second-order valence-electron chi connectivity index (χ2n) is 3.97. The molecule has 1 rings (SSSR count). The topological polar surface area (TPSA) is 48.3 Å². The van der Waals surface area contributed by atoms with Crippen molar-refractivity contribution in [2.24, 2.45) is 7.05 Å². The summed E-state index contributed by atoms with van der Waals surface area (Å²) in [6.07, 6.45) is 0.923. The third-order valence-corrected chi connectivity index (χ3v) is 2.57. The SMILES string of the molecule is CCNc1c(COCCCOC)c(C)nn1C. The van der Waals surface area contributed by atoms with Gasteiger partial charge in [-0.25, -0.2) is 0 Å². The minimum absolute atomic E-state index is 0.603. The van der Waals surface area contributed by atoms with Gasteiger partial charge >= 0.3 is 0 Å². The van der Waals surface area contributed by atoms with Gasteiger partial charge in [0.2, 0.25) is 0 Å². The zero-order valence-corrected chi connectivity index (χ0v) is 11.2. The molecular weight excluding hydrogens is 218 g/mol. The van der Waals surface area contributed by atoms with Crippen LogP contribution in [0.4, 0.5) is 5.82 Å². The molecule has 1 aromatic rings. The predicted molar refractivity (Wildman–Crippen MR) is 68.3 cm³/mol. The first-order chi connectivity index (χ1) is 8.20. The maximum Gasteiger partial charge on any atom is 0.129 e. The van der Waals surface area contributed by atoms with E-state index in [1.807, 2.05) is 18.7 Å². The number of methoxy groups -OCH3 is 1. The van der Waals surface area contributed by atoms with E-state index < -0.39 is 0 Å². The van der Waals surface area contributed by atoms with Crippen molar-refractivity contribution >= 4 is 5.82 Å². The lowest BCUT2D eigenvalue weighted by Crippen LogP contribution is -2.06. The van der Waals surface area contributed by atoms with Gasteiger partial charge in [-0.2, -0.15) is 5.10 Å². The summed E-state index contributed by atoms with van der Waals surface area (Å²) in [5.41, 5.74) is 2.17. The van der Waals surface area contributed by atoms with Crippen LogP contribution in [0.5, 0.6) is 0 Å². The minimum Gasteiger partial charge on any atom is -0.385 e. The predicted octanol–water partition coefficient (Wildman–Crippen LogP) is 1.71. The number of anilines is 1. The van der Waals surface area contributed by atoms with Gasteiger partial charge < -0.3 is 14.8 Å². The number of rotatable bonds is 8. The Bertz CT molecular complexity index is 337. The molecule has 1 heterocycles. The van der Waals surface area contributed by atoms with Crippen LogP contribution in [-0.4, -0.2) is 36.6 Å². The Labute approximate surface area is 103 Å². The van der Waals surface area contributed by atoms with E-state index in [9.17, 15) is 0 Å². The summed E-state index contributed by atoms with van der Waals surface area (Å²) in [4.78, 5) is 0. The highest BCUT2D eigenvalue weighted by molar-refractivity contribution is 5.47. The lowest BCUT2D eigenvalue weighted by atomic mass is 10.2. The van der Waals surface area contributed by atoms with Gasteiger partial charge in [-0.15, -0.1) is 0 Å². The summed E-state index contributed by atoms with van der Waals surface area (Å²) in [7, 11) is 3.65. The molecule has 0 unspecified atom stereocenters.